The Morgan fingerprint density at radius 1 is 1.22 bits per heavy atom. The highest BCUT2D eigenvalue weighted by atomic mass is 32.2. The van der Waals surface area contributed by atoms with Crippen LogP contribution in [0, 0.1) is 0 Å². The molecular formula is C18H21N5O3S. The van der Waals surface area contributed by atoms with Crippen molar-refractivity contribution >= 4 is 10.0 Å². The number of hydrogen-bond acceptors (Lipinski definition) is 6. The summed E-state index contributed by atoms with van der Waals surface area (Å²) in [6.07, 6.45) is 6.88. The number of aryl methyl sites for hydroxylation is 1. The van der Waals surface area contributed by atoms with Gasteiger partial charge >= 0.3 is 0 Å². The fourth-order valence-electron chi connectivity index (χ4n) is 2.82. The first kappa shape index (κ1) is 19.0. The lowest BCUT2D eigenvalue weighted by Crippen LogP contribution is -2.34. The summed E-state index contributed by atoms with van der Waals surface area (Å²) >= 11 is 0. The Balaban J connectivity index is 1.87. The van der Waals surface area contributed by atoms with Crippen molar-refractivity contribution in [3.63, 3.8) is 0 Å². The molecule has 9 heteroatoms. The average Bonchev–Trinajstić information content (AvgIpc) is 3.07. The normalized spacial score (nSPS) is 12.7. The van der Waals surface area contributed by atoms with Crippen molar-refractivity contribution in [1.82, 2.24) is 24.5 Å². The summed E-state index contributed by atoms with van der Waals surface area (Å²) in [5, 5.41) is 4.14. The molecule has 3 aromatic rings. The van der Waals surface area contributed by atoms with Gasteiger partial charge in [-0.1, -0.05) is 0 Å². The molecule has 0 aliphatic heterocycles. The summed E-state index contributed by atoms with van der Waals surface area (Å²) < 4.78 is 35.4. The molecule has 27 heavy (non-hydrogen) atoms. The Labute approximate surface area is 158 Å². The van der Waals surface area contributed by atoms with Gasteiger partial charge in [0.15, 0.2) is 0 Å². The highest BCUT2D eigenvalue weighted by molar-refractivity contribution is 7.89. The van der Waals surface area contributed by atoms with Gasteiger partial charge in [0.2, 0.25) is 10.0 Å². The Hall–Kier alpha value is -2.78. The predicted octanol–water partition coefficient (Wildman–Crippen LogP) is 1.80. The summed E-state index contributed by atoms with van der Waals surface area (Å²) in [6, 6.07) is 6.22. The Kier molecular flexibility index (Phi) is 5.52. The lowest BCUT2D eigenvalue weighted by atomic mass is 10.1. The molecule has 0 bridgehead atoms. The molecule has 1 unspecified atom stereocenters. The largest absolute Gasteiger partial charge is 0.496 e. The monoisotopic (exact) mass is 387 g/mol. The molecule has 1 atom stereocenters. The number of methoxy groups -OCH3 is 1. The lowest BCUT2D eigenvalue weighted by molar-refractivity contribution is 0.415. The molecule has 0 aliphatic rings. The van der Waals surface area contributed by atoms with E-state index in [-0.39, 0.29) is 10.9 Å². The number of hydrogen-bond donors (Lipinski definition) is 1. The molecule has 0 saturated carbocycles. The minimum Gasteiger partial charge on any atom is -0.496 e. The maximum Gasteiger partial charge on any atom is 0.240 e. The van der Waals surface area contributed by atoms with E-state index < -0.39 is 10.0 Å². The van der Waals surface area contributed by atoms with Crippen LogP contribution in [0.2, 0.25) is 0 Å². The van der Waals surface area contributed by atoms with E-state index >= 15 is 0 Å². The number of nitrogens with zero attached hydrogens (tertiary/aromatic N) is 4. The van der Waals surface area contributed by atoms with Gasteiger partial charge < -0.3 is 4.74 Å². The van der Waals surface area contributed by atoms with Gasteiger partial charge in [-0.3, -0.25) is 14.6 Å². The number of aromatic nitrogens is 4. The molecule has 0 spiro atoms. The maximum atomic E-state index is 12.8. The maximum absolute atomic E-state index is 12.8. The van der Waals surface area contributed by atoms with Crippen LogP contribution in [0.25, 0.3) is 11.3 Å². The van der Waals surface area contributed by atoms with Crippen molar-refractivity contribution < 1.29 is 13.2 Å². The van der Waals surface area contributed by atoms with Gasteiger partial charge in [-0.25, -0.2) is 13.1 Å². The van der Waals surface area contributed by atoms with Crippen molar-refractivity contribution in [2.45, 2.75) is 24.3 Å². The molecule has 0 radical (unpaired) electrons. The number of ether oxygens (including phenoxy) is 1. The second kappa shape index (κ2) is 7.85. The van der Waals surface area contributed by atoms with Gasteiger partial charge in [0.05, 0.1) is 23.4 Å². The van der Waals surface area contributed by atoms with Crippen LogP contribution in [0.15, 0.2) is 53.9 Å². The minimum absolute atomic E-state index is 0.158. The van der Waals surface area contributed by atoms with E-state index in [2.05, 4.69) is 19.8 Å². The zero-order chi connectivity index (χ0) is 19.4. The third-order valence-corrected chi connectivity index (χ3v) is 5.65. The zero-order valence-corrected chi connectivity index (χ0v) is 16.1. The smallest absolute Gasteiger partial charge is 0.240 e. The van der Waals surface area contributed by atoms with Crippen molar-refractivity contribution in [3.8, 4) is 17.0 Å². The van der Waals surface area contributed by atoms with Crippen LogP contribution in [-0.2, 0) is 23.5 Å². The molecule has 0 aliphatic carbocycles. The van der Waals surface area contributed by atoms with E-state index in [0.29, 0.717) is 17.7 Å². The van der Waals surface area contributed by atoms with Gasteiger partial charge in [0, 0.05) is 49.9 Å². The number of sulfonamides is 1. The first-order valence-corrected chi connectivity index (χ1v) is 9.82. The SMILES string of the molecule is COc1ccc(S(=O)(=O)NC(C)Cc2cnccn2)cc1-c1ccnn1C. The highest BCUT2D eigenvalue weighted by Gasteiger charge is 2.21. The van der Waals surface area contributed by atoms with Crippen molar-refractivity contribution in [1.29, 1.82) is 0 Å². The van der Waals surface area contributed by atoms with E-state index in [0.717, 1.165) is 11.4 Å². The minimum atomic E-state index is -3.71. The fraction of sp³-hybridized carbons (Fsp3) is 0.278. The Bertz CT molecular complexity index is 1020. The standard InChI is InChI=1S/C18H21N5O3S/c1-13(10-14-12-19-8-9-20-14)22-27(24,25)15-4-5-18(26-3)16(11-15)17-6-7-21-23(17)2/h4-9,11-13,22H,10H2,1-3H3. The second-order valence-electron chi connectivity index (χ2n) is 6.13. The molecule has 0 saturated heterocycles. The van der Waals surface area contributed by atoms with Crippen molar-refractivity contribution in [3.05, 3.63) is 54.7 Å². The quantitative estimate of drug-likeness (QED) is 0.664. The molecule has 8 nitrogen and oxygen atoms in total. The first-order chi connectivity index (χ1) is 12.9. The van der Waals surface area contributed by atoms with Gasteiger partial charge in [0.25, 0.3) is 0 Å². The Morgan fingerprint density at radius 3 is 2.67 bits per heavy atom. The summed E-state index contributed by atoms with van der Waals surface area (Å²) in [4.78, 5) is 8.33. The average molecular weight is 387 g/mol. The molecular weight excluding hydrogens is 366 g/mol. The van der Waals surface area contributed by atoms with Gasteiger partial charge in [-0.2, -0.15) is 5.10 Å². The van der Waals surface area contributed by atoms with E-state index in [9.17, 15) is 8.42 Å². The highest BCUT2D eigenvalue weighted by Crippen LogP contribution is 2.31. The number of benzene rings is 1. The van der Waals surface area contributed by atoms with E-state index in [1.54, 1.807) is 68.7 Å². The molecule has 2 aromatic heterocycles. The predicted molar refractivity (Wildman–Crippen MR) is 101 cm³/mol. The van der Waals surface area contributed by atoms with Crippen LogP contribution in [0.1, 0.15) is 12.6 Å². The van der Waals surface area contributed by atoms with Gasteiger partial charge in [0.1, 0.15) is 5.75 Å². The third kappa shape index (κ3) is 4.32. The molecule has 1 N–H and O–H groups in total. The zero-order valence-electron chi connectivity index (χ0n) is 15.3. The molecule has 2 heterocycles. The second-order valence-corrected chi connectivity index (χ2v) is 7.84. The van der Waals surface area contributed by atoms with Crippen LogP contribution in [0.3, 0.4) is 0 Å². The van der Waals surface area contributed by atoms with Crippen LogP contribution < -0.4 is 9.46 Å². The molecule has 0 fully saturated rings. The Morgan fingerprint density at radius 2 is 2.04 bits per heavy atom. The summed E-state index contributed by atoms with van der Waals surface area (Å²) in [7, 11) is -0.379. The molecule has 1 aromatic carbocycles. The van der Waals surface area contributed by atoms with Gasteiger partial charge in [-0.05, 0) is 31.2 Å². The molecule has 3 rings (SSSR count). The van der Waals surface area contributed by atoms with Gasteiger partial charge in [-0.15, -0.1) is 0 Å². The van der Waals surface area contributed by atoms with E-state index in [1.165, 1.54) is 6.07 Å². The van der Waals surface area contributed by atoms with Crippen LogP contribution in [0.4, 0.5) is 0 Å². The van der Waals surface area contributed by atoms with Crippen LogP contribution in [-0.4, -0.2) is 41.3 Å². The number of nitrogens with one attached hydrogen (secondary N) is 1. The van der Waals surface area contributed by atoms with E-state index in [1.807, 2.05) is 0 Å². The van der Waals surface area contributed by atoms with Crippen LogP contribution >= 0.6 is 0 Å². The topological polar surface area (TPSA) is 99.0 Å². The first-order valence-electron chi connectivity index (χ1n) is 8.34. The summed E-state index contributed by atoms with van der Waals surface area (Å²) in [5.74, 6) is 0.574. The third-order valence-electron chi connectivity index (χ3n) is 4.07. The van der Waals surface area contributed by atoms with Crippen molar-refractivity contribution in [2.24, 2.45) is 7.05 Å². The van der Waals surface area contributed by atoms with E-state index in [4.69, 9.17) is 4.74 Å². The molecule has 142 valence electrons. The number of rotatable bonds is 7. The van der Waals surface area contributed by atoms with Crippen molar-refractivity contribution in [2.75, 3.05) is 7.11 Å². The summed E-state index contributed by atoms with van der Waals surface area (Å²) in [6.45, 7) is 1.79. The lowest BCUT2D eigenvalue weighted by Gasteiger charge is -2.15. The fourth-order valence-corrected chi connectivity index (χ4v) is 4.09. The van der Waals surface area contributed by atoms with Crippen LogP contribution in [0.5, 0.6) is 5.75 Å². The molecule has 0 amide bonds. The summed E-state index contributed by atoms with van der Waals surface area (Å²) in [5.41, 5.74) is 2.14.